The lowest BCUT2D eigenvalue weighted by atomic mass is 9.85. The molecule has 0 amide bonds. The van der Waals surface area contributed by atoms with Gasteiger partial charge >= 0.3 is 5.69 Å². The molecule has 4 heterocycles. The average molecular weight is 439 g/mol. The first-order valence-electron chi connectivity index (χ1n) is 10.3. The quantitative estimate of drug-likeness (QED) is 0.479. The van der Waals surface area contributed by atoms with Gasteiger partial charge in [0.25, 0.3) is 5.56 Å². The lowest BCUT2D eigenvalue weighted by Gasteiger charge is -2.31. The highest BCUT2D eigenvalue weighted by molar-refractivity contribution is 7.09. The molecular formula is C23H23FN4O2S. The van der Waals surface area contributed by atoms with Crippen LogP contribution in [-0.2, 0) is 20.6 Å². The molecule has 1 aromatic carbocycles. The topological polar surface area (TPSA) is 61.8 Å². The Balaban J connectivity index is 1.98. The van der Waals surface area contributed by atoms with Gasteiger partial charge in [0.1, 0.15) is 10.8 Å². The molecule has 4 aromatic rings. The second kappa shape index (κ2) is 7.02. The van der Waals surface area contributed by atoms with Crippen LogP contribution in [-0.4, -0.2) is 18.7 Å². The summed E-state index contributed by atoms with van der Waals surface area (Å²) in [6, 6.07) is 6.31. The van der Waals surface area contributed by atoms with E-state index >= 15 is 0 Å². The summed E-state index contributed by atoms with van der Waals surface area (Å²) in [5.41, 5.74) is 3.07. The predicted octanol–water partition coefficient (Wildman–Crippen LogP) is 3.78. The van der Waals surface area contributed by atoms with E-state index in [-0.39, 0.29) is 28.9 Å². The molecule has 0 saturated carbocycles. The van der Waals surface area contributed by atoms with Gasteiger partial charge in [0, 0.05) is 37.3 Å². The first-order chi connectivity index (χ1) is 14.8. The number of fused-ring (bicyclic) bond motifs is 3. The third-order valence-electron chi connectivity index (χ3n) is 6.38. The minimum absolute atomic E-state index is 0.0463. The molecular weight excluding hydrogens is 415 g/mol. The van der Waals surface area contributed by atoms with Crippen molar-refractivity contribution in [2.24, 2.45) is 20.0 Å². The lowest BCUT2D eigenvalue weighted by molar-refractivity contribution is 0.377. The van der Waals surface area contributed by atoms with Gasteiger partial charge in [0.15, 0.2) is 0 Å². The molecule has 8 heteroatoms. The Kier molecular flexibility index (Phi) is 4.51. The van der Waals surface area contributed by atoms with Crippen molar-refractivity contribution in [1.82, 2.24) is 18.7 Å². The van der Waals surface area contributed by atoms with Gasteiger partial charge in [-0.3, -0.25) is 13.9 Å². The van der Waals surface area contributed by atoms with Gasteiger partial charge in [-0.1, -0.05) is 19.1 Å². The van der Waals surface area contributed by atoms with Crippen LogP contribution in [0.3, 0.4) is 0 Å². The number of aryl methyl sites for hydroxylation is 2. The molecule has 1 aliphatic rings. The number of thiazole rings is 1. The molecule has 6 nitrogen and oxygen atoms in total. The van der Waals surface area contributed by atoms with Crippen molar-refractivity contribution in [2.45, 2.75) is 32.7 Å². The minimum Gasteiger partial charge on any atom is -0.341 e. The zero-order valence-corrected chi connectivity index (χ0v) is 18.7. The summed E-state index contributed by atoms with van der Waals surface area (Å²) >= 11 is 1.60. The molecule has 3 aromatic heterocycles. The van der Waals surface area contributed by atoms with Crippen molar-refractivity contribution in [1.29, 1.82) is 0 Å². The first-order valence-corrected chi connectivity index (χ1v) is 11.2. The van der Waals surface area contributed by atoms with E-state index in [9.17, 15) is 14.0 Å². The Bertz CT molecular complexity index is 1460. The standard InChI is InChI=1S/C23H23FN4O2S/c1-12-8-9-28-18(14-6-5-7-15(24)10-14)17-19(26(3)23(30)27(4)22(17)29)20(28)16(12)21-25-13(2)11-31-21/h5-7,10-12,16H,8-9H2,1-4H3/t12-,16-/m0/s1. The fourth-order valence-corrected chi connectivity index (χ4v) is 5.90. The van der Waals surface area contributed by atoms with Gasteiger partial charge in [0.05, 0.1) is 28.2 Å². The number of hydrogen-bond donors (Lipinski definition) is 0. The second-order valence-electron chi connectivity index (χ2n) is 8.40. The molecule has 0 N–H and O–H groups in total. The van der Waals surface area contributed by atoms with Crippen molar-refractivity contribution < 1.29 is 4.39 Å². The molecule has 0 bridgehead atoms. The van der Waals surface area contributed by atoms with Gasteiger partial charge < -0.3 is 4.57 Å². The monoisotopic (exact) mass is 438 g/mol. The molecule has 5 rings (SSSR count). The molecule has 31 heavy (non-hydrogen) atoms. The second-order valence-corrected chi connectivity index (χ2v) is 9.29. The van der Waals surface area contributed by atoms with Crippen molar-refractivity contribution in [3.05, 3.63) is 72.7 Å². The zero-order valence-electron chi connectivity index (χ0n) is 17.8. The summed E-state index contributed by atoms with van der Waals surface area (Å²) in [5.74, 6) is -0.121. The van der Waals surface area contributed by atoms with Crippen LogP contribution in [0.2, 0.25) is 0 Å². The van der Waals surface area contributed by atoms with E-state index < -0.39 is 0 Å². The van der Waals surface area contributed by atoms with E-state index in [1.165, 1.54) is 19.2 Å². The number of hydrogen-bond acceptors (Lipinski definition) is 4. The number of rotatable bonds is 2. The highest BCUT2D eigenvalue weighted by Crippen LogP contribution is 2.45. The molecule has 160 valence electrons. The summed E-state index contributed by atoms with van der Waals surface area (Å²) < 4.78 is 19.0. The number of nitrogens with zero attached hydrogens (tertiary/aromatic N) is 4. The van der Waals surface area contributed by atoms with Gasteiger partial charge in [-0.2, -0.15) is 0 Å². The van der Waals surface area contributed by atoms with Crippen molar-refractivity contribution in [3.63, 3.8) is 0 Å². The Labute approximate surface area is 182 Å². The van der Waals surface area contributed by atoms with Gasteiger partial charge in [0.2, 0.25) is 0 Å². The summed E-state index contributed by atoms with van der Waals surface area (Å²) in [7, 11) is 3.18. The van der Waals surface area contributed by atoms with E-state index in [1.807, 2.05) is 18.4 Å². The van der Waals surface area contributed by atoms with Crippen molar-refractivity contribution in [2.75, 3.05) is 0 Å². The van der Waals surface area contributed by atoms with Crippen LogP contribution in [0.15, 0.2) is 39.2 Å². The Morgan fingerprint density at radius 2 is 1.97 bits per heavy atom. The zero-order chi connectivity index (χ0) is 22.0. The SMILES string of the molecule is Cc1csc([C@@H]2c3c4c(c(-c5cccc(F)c5)n3CC[C@@H]2C)c(=O)n(C)c(=O)n4C)n1. The molecule has 0 spiro atoms. The van der Waals surface area contributed by atoms with Crippen LogP contribution < -0.4 is 11.2 Å². The molecule has 1 aliphatic heterocycles. The van der Waals surface area contributed by atoms with Gasteiger partial charge in [-0.05, 0) is 31.4 Å². The molecule has 2 atom stereocenters. The number of halogens is 1. The maximum atomic E-state index is 14.2. The van der Waals surface area contributed by atoms with E-state index in [2.05, 4.69) is 11.5 Å². The van der Waals surface area contributed by atoms with Crippen LogP contribution in [0.1, 0.15) is 35.7 Å². The van der Waals surface area contributed by atoms with Crippen LogP contribution in [0.25, 0.3) is 22.2 Å². The molecule has 0 saturated heterocycles. The van der Waals surface area contributed by atoms with Crippen molar-refractivity contribution >= 4 is 22.2 Å². The summed E-state index contributed by atoms with van der Waals surface area (Å²) in [5, 5.41) is 3.46. The van der Waals surface area contributed by atoms with E-state index in [0.717, 1.165) is 27.4 Å². The minimum atomic E-state index is -0.371. The number of benzene rings is 1. The summed E-state index contributed by atoms with van der Waals surface area (Å²) in [4.78, 5) is 31.0. The van der Waals surface area contributed by atoms with E-state index in [1.54, 1.807) is 29.0 Å². The van der Waals surface area contributed by atoms with Gasteiger partial charge in [-0.15, -0.1) is 11.3 Å². The van der Waals surface area contributed by atoms with Crippen LogP contribution in [0, 0.1) is 18.7 Å². The highest BCUT2D eigenvalue weighted by atomic mass is 32.1. The average Bonchev–Trinajstić information content (AvgIpc) is 3.32. The Hall–Kier alpha value is -3.00. The maximum absolute atomic E-state index is 14.2. The highest BCUT2D eigenvalue weighted by Gasteiger charge is 2.37. The third kappa shape index (κ3) is 2.85. The van der Waals surface area contributed by atoms with E-state index in [0.29, 0.717) is 28.7 Å². The van der Waals surface area contributed by atoms with Crippen LogP contribution in [0.5, 0.6) is 0 Å². The largest absolute Gasteiger partial charge is 0.341 e. The Morgan fingerprint density at radius 3 is 2.65 bits per heavy atom. The Morgan fingerprint density at radius 1 is 1.19 bits per heavy atom. The predicted molar refractivity (Wildman–Crippen MR) is 120 cm³/mol. The molecule has 0 unspecified atom stereocenters. The smallest absolute Gasteiger partial charge is 0.331 e. The third-order valence-corrected chi connectivity index (χ3v) is 7.42. The van der Waals surface area contributed by atoms with Crippen LogP contribution in [0.4, 0.5) is 4.39 Å². The fourth-order valence-electron chi connectivity index (χ4n) is 4.87. The van der Waals surface area contributed by atoms with E-state index in [4.69, 9.17) is 4.98 Å². The van der Waals surface area contributed by atoms with Gasteiger partial charge in [-0.25, -0.2) is 14.2 Å². The van der Waals surface area contributed by atoms with Crippen molar-refractivity contribution in [3.8, 4) is 11.3 Å². The molecule has 0 fully saturated rings. The fraction of sp³-hybridized carbons (Fsp3) is 0.348. The lowest BCUT2D eigenvalue weighted by Crippen LogP contribution is -2.37. The maximum Gasteiger partial charge on any atom is 0.331 e. The first kappa shape index (κ1) is 19.9. The normalized spacial score (nSPS) is 18.5. The molecule has 0 aliphatic carbocycles. The van der Waals surface area contributed by atoms with Crippen LogP contribution >= 0.6 is 11.3 Å². The summed E-state index contributed by atoms with van der Waals surface area (Å²) in [6.45, 7) is 4.84. The molecule has 0 radical (unpaired) electrons. The number of aromatic nitrogens is 4. The summed E-state index contributed by atoms with van der Waals surface area (Å²) in [6.07, 6.45) is 0.897.